The minimum atomic E-state index is -2.64. The number of nitrogens with zero attached hydrogens (tertiary/aromatic N) is 4. The number of halogens is 2. The molecule has 1 aliphatic rings. The molecule has 1 amide bonds. The lowest BCUT2D eigenvalue weighted by atomic mass is 9.89. The Kier molecular flexibility index (Phi) is 5.62. The van der Waals surface area contributed by atoms with E-state index in [4.69, 9.17) is 0 Å². The molecule has 0 atom stereocenters. The number of aryl methyl sites for hydroxylation is 1. The number of ketones is 1. The van der Waals surface area contributed by atoms with Crippen molar-refractivity contribution < 1.29 is 18.4 Å². The zero-order valence-corrected chi connectivity index (χ0v) is 15.4. The third-order valence-corrected chi connectivity index (χ3v) is 4.97. The summed E-state index contributed by atoms with van der Waals surface area (Å²) in [5.74, 6) is 0.0777. The maximum absolute atomic E-state index is 12.7. The quantitative estimate of drug-likeness (QED) is 0.752. The van der Waals surface area contributed by atoms with E-state index in [1.165, 1.54) is 17.7 Å². The van der Waals surface area contributed by atoms with E-state index in [2.05, 4.69) is 10.1 Å². The predicted octanol–water partition coefficient (Wildman–Crippen LogP) is 3.13. The van der Waals surface area contributed by atoms with Crippen LogP contribution in [0.25, 0.3) is 0 Å². The van der Waals surface area contributed by atoms with Crippen LogP contribution in [0.4, 0.5) is 8.78 Å². The van der Waals surface area contributed by atoms with Crippen molar-refractivity contribution in [2.45, 2.75) is 45.6 Å². The third-order valence-electron chi connectivity index (χ3n) is 4.97. The number of likely N-dealkylation sites (tertiary alicyclic amines) is 1. The van der Waals surface area contributed by atoms with Crippen molar-refractivity contribution in [2.75, 3.05) is 13.1 Å². The molecular weight excluding hydrogens is 354 g/mol. The maximum atomic E-state index is 12.7. The maximum Gasteiger partial charge on any atom is 0.282 e. The Morgan fingerprint density at radius 3 is 2.56 bits per heavy atom. The number of piperidine rings is 1. The molecule has 6 nitrogen and oxygen atoms in total. The van der Waals surface area contributed by atoms with E-state index >= 15 is 0 Å². The summed E-state index contributed by atoms with van der Waals surface area (Å²) in [4.78, 5) is 29.8. The fourth-order valence-electron chi connectivity index (χ4n) is 3.39. The van der Waals surface area contributed by atoms with Gasteiger partial charge in [-0.2, -0.15) is 5.10 Å². The van der Waals surface area contributed by atoms with E-state index in [9.17, 15) is 18.4 Å². The molecule has 0 saturated carbocycles. The molecule has 0 radical (unpaired) electrons. The van der Waals surface area contributed by atoms with E-state index in [0.29, 0.717) is 24.5 Å². The molecule has 3 heterocycles. The number of aromatic nitrogens is 3. The van der Waals surface area contributed by atoms with Gasteiger partial charge in [0.1, 0.15) is 17.9 Å². The Morgan fingerprint density at radius 2 is 1.96 bits per heavy atom. The topological polar surface area (TPSA) is 68.1 Å². The van der Waals surface area contributed by atoms with Crippen molar-refractivity contribution >= 4 is 11.7 Å². The van der Waals surface area contributed by atoms with Gasteiger partial charge in [0.15, 0.2) is 5.78 Å². The van der Waals surface area contributed by atoms with Crippen molar-refractivity contribution in [1.29, 1.82) is 0 Å². The molecule has 0 N–H and O–H groups in total. The molecule has 0 aliphatic carbocycles. The normalized spacial score (nSPS) is 15.4. The van der Waals surface area contributed by atoms with Crippen LogP contribution in [-0.2, 0) is 11.3 Å². The number of alkyl halides is 2. The second kappa shape index (κ2) is 7.94. The highest BCUT2D eigenvalue weighted by Crippen LogP contribution is 2.28. The number of rotatable bonds is 5. The number of Topliss-reactive ketones (excluding diaryl/α,β-unsaturated/α-hetero) is 1. The number of amides is 1. The molecule has 2 aromatic heterocycles. The monoisotopic (exact) mass is 376 g/mol. The van der Waals surface area contributed by atoms with Gasteiger partial charge in [-0.3, -0.25) is 19.3 Å². The van der Waals surface area contributed by atoms with Crippen LogP contribution in [-0.4, -0.2) is 44.4 Å². The standard InChI is InChI=1S/C19H22F2N4O2/c1-12-9-17(19(20)21)23-25(12)11-18(27)24-7-4-14(5-8-24)15-3-6-22-16(10-15)13(2)26/h3,6,9-10,14,19H,4-5,7-8,11H2,1-2H3. The first-order valence-corrected chi connectivity index (χ1v) is 8.92. The van der Waals surface area contributed by atoms with Gasteiger partial charge < -0.3 is 4.90 Å². The van der Waals surface area contributed by atoms with Crippen LogP contribution in [0.2, 0.25) is 0 Å². The number of pyridine rings is 1. The number of hydrogen-bond donors (Lipinski definition) is 0. The van der Waals surface area contributed by atoms with Crippen LogP contribution < -0.4 is 0 Å². The van der Waals surface area contributed by atoms with Gasteiger partial charge in [0.2, 0.25) is 5.91 Å². The fourth-order valence-corrected chi connectivity index (χ4v) is 3.39. The SMILES string of the molecule is CC(=O)c1cc(C2CCN(C(=O)Cn3nc(C(F)F)cc3C)CC2)ccn1. The van der Waals surface area contributed by atoms with E-state index < -0.39 is 6.43 Å². The first-order valence-electron chi connectivity index (χ1n) is 8.92. The minimum Gasteiger partial charge on any atom is -0.341 e. The molecule has 0 bridgehead atoms. The van der Waals surface area contributed by atoms with Crippen LogP contribution in [0.5, 0.6) is 0 Å². The van der Waals surface area contributed by atoms with E-state index in [-0.39, 0.29) is 29.8 Å². The van der Waals surface area contributed by atoms with Gasteiger partial charge in [-0.25, -0.2) is 8.78 Å². The summed E-state index contributed by atoms with van der Waals surface area (Å²) in [7, 11) is 0. The second-order valence-corrected chi connectivity index (χ2v) is 6.85. The van der Waals surface area contributed by atoms with Gasteiger partial charge in [0, 0.05) is 31.9 Å². The Morgan fingerprint density at radius 1 is 1.26 bits per heavy atom. The average molecular weight is 376 g/mol. The van der Waals surface area contributed by atoms with E-state index in [1.807, 2.05) is 12.1 Å². The smallest absolute Gasteiger partial charge is 0.282 e. The Labute approximate surface area is 156 Å². The molecule has 1 aliphatic heterocycles. The molecule has 3 rings (SSSR count). The zero-order chi connectivity index (χ0) is 19.6. The first kappa shape index (κ1) is 19.1. The molecule has 144 valence electrons. The summed E-state index contributed by atoms with van der Waals surface area (Å²) < 4.78 is 26.8. The fraction of sp³-hybridized carbons (Fsp3) is 0.474. The lowest BCUT2D eigenvalue weighted by molar-refractivity contribution is -0.133. The van der Waals surface area contributed by atoms with Gasteiger partial charge in [-0.15, -0.1) is 0 Å². The molecule has 0 spiro atoms. The van der Waals surface area contributed by atoms with Crippen LogP contribution >= 0.6 is 0 Å². The Balaban J connectivity index is 1.59. The Bertz CT molecular complexity index is 842. The van der Waals surface area contributed by atoms with Crippen LogP contribution in [0.1, 0.15) is 59.5 Å². The molecule has 2 aromatic rings. The molecule has 1 saturated heterocycles. The largest absolute Gasteiger partial charge is 0.341 e. The highest BCUT2D eigenvalue weighted by atomic mass is 19.3. The van der Waals surface area contributed by atoms with Crippen LogP contribution in [0.3, 0.4) is 0 Å². The summed E-state index contributed by atoms with van der Waals surface area (Å²) in [6.07, 6.45) is 0.571. The molecule has 27 heavy (non-hydrogen) atoms. The summed E-state index contributed by atoms with van der Waals surface area (Å²) >= 11 is 0. The first-order chi connectivity index (χ1) is 12.8. The van der Waals surface area contributed by atoms with Gasteiger partial charge in [-0.1, -0.05) is 0 Å². The van der Waals surface area contributed by atoms with E-state index in [0.717, 1.165) is 18.4 Å². The number of carbonyl (C=O) groups excluding carboxylic acids is 2. The molecule has 0 unspecified atom stereocenters. The highest BCUT2D eigenvalue weighted by molar-refractivity contribution is 5.92. The van der Waals surface area contributed by atoms with Gasteiger partial charge >= 0.3 is 0 Å². The average Bonchev–Trinajstić information content (AvgIpc) is 3.03. The van der Waals surface area contributed by atoms with Crippen molar-refractivity contribution in [3.8, 4) is 0 Å². The van der Waals surface area contributed by atoms with Crippen LogP contribution in [0.15, 0.2) is 24.4 Å². The molecular formula is C19H22F2N4O2. The number of carbonyl (C=O) groups is 2. The third kappa shape index (κ3) is 4.37. The van der Waals surface area contributed by atoms with Gasteiger partial charge in [-0.05, 0) is 49.4 Å². The zero-order valence-electron chi connectivity index (χ0n) is 15.4. The lowest BCUT2D eigenvalue weighted by Crippen LogP contribution is -2.40. The highest BCUT2D eigenvalue weighted by Gasteiger charge is 2.25. The summed E-state index contributed by atoms with van der Waals surface area (Å²) in [5, 5.41) is 3.81. The van der Waals surface area contributed by atoms with Crippen LogP contribution in [0, 0.1) is 6.92 Å². The second-order valence-electron chi connectivity index (χ2n) is 6.85. The summed E-state index contributed by atoms with van der Waals surface area (Å²) in [5.41, 5.74) is 1.75. The van der Waals surface area contributed by atoms with Crippen molar-refractivity contribution in [1.82, 2.24) is 19.7 Å². The van der Waals surface area contributed by atoms with Gasteiger partial charge in [0.25, 0.3) is 6.43 Å². The van der Waals surface area contributed by atoms with Crippen molar-refractivity contribution in [3.63, 3.8) is 0 Å². The van der Waals surface area contributed by atoms with Gasteiger partial charge in [0.05, 0.1) is 0 Å². The molecule has 1 fully saturated rings. The van der Waals surface area contributed by atoms with Crippen molar-refractivity contribution in [3.05, 3.63) is 47.0 Å². The number of hydrogen-bond acceptors (Lipinski definition) is 4. The predicted molar refractivity (Wildman–Crippen MR) is 94.7 cm³/mol. The van der Waals surface area contributed by atoms with Crippen molar-refractivity contribution in [2.24, 2.45) is 0 Å². The molecule has 8 heteroatoms. The Hall–Kier alpha value is -2.64. The molecule has 0 aromatic carbocycles. The summed E-state index contributed by atoms with van der Waals surface area (Å²) in [6, 6.07) is 5.04. The lowest BCUT2D eigenvalue weighted by Gasteiger charge is -2.32. The summed E-state index contributed by atoms with van der Waals surface area (Å²) in [6.45, 7) is 4.29. The minimum absolute atomic E-state index is 0.0348. The van der Waals surface area contributed by atoms with E-state index in [1.54, 1.807) is 18.0 Å².